The first-order chi connectivity index (χ1) is 6.45. The van der Waals surface area contributed by atoms with Crippen LogP contribution in [0.15, 0.2) is 29.2 Å². The number of nitrogens with one attached hydrogen (secondary N) is 2. The lowest BCUT2D eigenvalue weighted by molar-refractivity contribution is 0.0850. The van der Waals surface area contributed by atoms with Crippen LogP contribution in [-0.4, -0.2) is 6.29 Å². The van der Waals surface area contributed by atoms with Gasteiger partial charge in [0.1, 0.15) is 6.04 Å². The van der Waals surface area contributed by atoms with Gasteiger partial charge >= 0.3 is 0 Å². The van der Waals surface area contributed by atoms with E-state index in [1.807, 2.05) is 12.1 Å². The zero-order valence-corrected chi connectivity index (χ0v) is 7.51. The van der Waals surface area contributed by atoms with Crippen LogP contribution in [0.3, 0.4) is 0 Å². The molecule has 1 atom stereocenters. The molecule has 68 valence electrons. The molecule has 1 aromatic carbocycles. The minimum Gasteiger partial charge on any atom is -0.235 e. The summed E-state index contributed by atoms with van der Waals surface area (Å²) < 4.78 is 0. The molecule has 4 nitrogen and oxygen atoms in total. The molecule has 1 fully saturated rings. The zero-order chi connectivity index (χ0) is 8.67. The molecular formula is C8H8N2O2S. The molecule has 5 heteroatoms. The van der Waals surface area contributed by atoms with E-state index in [2.05, 4.69) is 22.4 Å². The molecule has 0 aliphatic carbocycles. The fourth-order valence-corrected chi connectivity index (χ4v) is 2.17. The highest BCUT2D eigenvalue weighted by Gasteiger charge is 2.39. The third-order valence-corrected chi connectivity index (χ3v) is 2.92. The topological polar surface area (TPSA) is 49.1 Å². The van der Waals surface area contributed by atoms with Gasteiger partial charge in [0.05, 0.1) is 0 Å². The quantitative estimate of drug-likeness (QED) is 0.400. The molecular weight excluding hydrogens is 188 g/mol. The van der Waals surface area contributed by atoms with Crippen molar-refractivity contribution < 1.29 is 9.78 Å². The Morgan fingerprint density at radius 2 is 2.08 bits per heavy atom. The van der Waals surface area contributed by atoms with Gasteiger partial charge in [-0.3, -0.25) is 0 Å². The van der Waals surface area contributed by atoms with E-state index in [-0.39, 0.29) is 12.3 Å². The van der Waals surface area contributed by atoms with Gasteiger partial charge in [0.25, 0.3) is 0 Å². The van der Waals surface area contributed by atoms with Gasteiger partial charge in [-0.1, -0.05) is 18.2 Å². The average Bonchev–Trinajstić information content (AvgIpc) is 3.00. The van der Waals surface area contributed by atoms with Crippen molar-refractivity contribution in [1.82, 2.24) is 10.3 Å². The Morgan fingerprint density at radius 1 is 1.23 bits per heavy atom. The van der Waals surface area contributed by atoms with Crippen molar-refractivity contribution in [2.75, 3.05) is 0 Å². The number of hydrazine groups is 1. The average molecular weight is 196 g/mol. The van der Waals surface area contributed by atoms with Crippen molar-refractivity contribution in [3.8, 4) is 0 Å². The Kier molecular flexibility index (Phi) is 1.78. The first-order valence-corrected chi connectivity index (χ1v) is 4.85. The van der Waals surface area contributed by atoms with Gasteiger partial charge in [0.2, 0.25) is 6.29 Å². The van der Waals surface area contributed by atoms with Gasteiger partial charge < -0.3 is 0 Å². The molecule has 1 unspecified atom stereocenters. The maximum Gasteiger partial charge on any atom is 0.245 e. The summed E-state index contributed by atoms with van der Waals surface area (Å²) in [7, 11) is 0. The van der Waals surface area contributed by atoms with E-state index in [1.165, 1.54) is 10.5 Å². The molecule has 2 aliphatic heterocycles. The molecule has 0 spiro atoms. The minimum absolute atomic E-state index is 0.0949. The van der Waals surface area contributed by atoms with Crippen molar-refractivity contribution in [1.29, 1.82) is 0 Å². The SMILES string of the molecule is c1ccc2c(c1)SNNC2C1OO1. The van der Waals surface area contributed by atoms with E-state index >= 15 is 0 Å². The Balaban J connectivity index is 2.00. The van der Waals surface area contributed by atoms with E-state index in [0.29, 0.717) is 0 Å². The molecule has 2 aliphatic rings. The summed E-state index contributed by atoms with van der Waals surface area (Å²) >= 11 is 1.57. The normalized spacial score (nSPS) is 26.9. The van der Waals surface area contributed by atoms with Crippen LogP contribution in [0.4, 0.5) is 0 Å². The summed E-state index contributed by atoms with van der Waals surface area (Å²) in [6.07, 6.45) is -0.144. The highest BCUT2D eigenvalue weighted by Crippen LogP contribution is 2.36. The highest BCUT2D eigenvalue weighted by atomic mass is 32.2. The lowest BCUT2D eigenvalue weighted by atomic mass is 10.1. The van der Waals surface area contributed by atoms with E-state index in [4.69, 9.17) is 9.78 Å². The molecule has 0 amide bonds. The monoisotopic (exact) mass is 196 g/mol. The number of benzene rings is 1. The molecule has 0 radical (unpaired) electrons. The third-order valence-electron chi connectivity index (χ3n) is 2.11. The Morgan fingerprint density at radius 3 is 2.92 bits per heavy atom. The standard InChI is InChI=1S/C8H8N2O2S/c1-2-4-6-5(3-1)7(8-11-12-8)9-10-13-6/h1-4,7-10H. The molecule has 2 heterocycles. The first kappa shape index (κ1) is 7.78. The van der Waals surface area contributed by atoms with Crippen molar-refractivity contribution in [3.63, 3.8) is 0 Å². The van der Waals surface area contributed by atoms with Crippen LogP contribution in [0.25, 0.3) is 0 Å². The molecule has 1 aromatic rings. The summed E-state index contributed by atoms with van der Waals surface area (Å²) in [5, 5.41) is 0. The molecule has 0 bridgehead atoms. The molecule has 0 saturated carbocycles. The summed E-state index contributed by atoms with van der Waals surface area (Å²) in [6, 6.07) is 8.28. The third kappa shape index (κ3) is 1.34. The van der Waals surface area contributed by atoms with Crippen LogP contribution in [0.5, 0.6) is 0 Å². The Labute approximate surface area is 79.6 Å². The summed E-state index contributed by atoms with van der Waals surface area (Å²) in [5.74, 6) is 0. The van der Waals surface area contributed by atoms with Crippen LogP contribution in [0.1, 0.15) is 11.6 Å². The Hall–Kier alpha value is -0.590. The van der Waals surface area contributed by atoms with Crippen LogP contribution >= 0.6 is 11.9 Å². The van der Waals surface area contributed by atoms with Crippen molar-refractivity contribution >= 4 is 11.9 Å². The molecule has 2 N–H and O–H groups in total. The fraction of sp³-hybridized carbons (Fsp3) is 0.250. The molecule has 1 saturated heterocycles. The van der Waals surface area contributed by atoms with Crippen LogP contribution in [-0.2, 0) is 9.78 Å². The van der Waals surface area contributed by atoms with Gasteiger partial charge in [-0.05, 0) is 23.6 Å². The van der Waals surface area contributed by atoms with Crippen LogP contribution < -0.4 is 10.3 Å². The predicted molar refractivity (Wildman–Crippen MR) is 47.3 cm³/mol. The Bertz CT molecular complexity index is 330. The maximum atomic E-state index is 4.79. The van der Waals surface area contributed by atoms with Crippen LogP contribution in [0, 0.1) is 0 Å². The highest BCUT2D eigenvalue weighted by molar-refractivity contribution is 7.97. The lowest BCUT2D eigenvalue weighted by Crippen LogP contribution is -2.37. The summed E-state index contributed by atoms with van der Waals surface area (Å²) in [4.78, 5) is 13.8. The summed E-state index contributed by atoms with van der Waals surface area (Å²) in [6.45, 7) is 0. The number of hydrogen-bond acceptors (Lipinski definition) is 5. The largest absolute Gasteiger partial charge is 0.245 e. The smallest absolute Gasteiger partial charge is 0.235 e. The first-order valence-electron chi connectivity index (χ1n) is 4.03. The lowest BCUT2D eigenvalue weighted by Gasteiger charge is -2.23. The summed E-state index contributed by atoms with van der Waals surface area (Å²) in [5.41, 5.74) is 4.32. The minimum atomic E-state index is -0.144. The molecule has 0 aromatic heterocycles. The van der Waals surface area contributed by atoms with E-state index in [0.717, 1.165) is 0 Å². The second kappa shape index (κ2) is 2.97. The van der Waals surface area contributed by atoms with Gasteiger partial charge in [0.15, 0.2) is 0 Å². The predicted octanol–water partition coefficient (Wildman–Crippen LogP) is 1.13. The second-order valence-electron chi connectivity index (χ2n) is 2.92. The molecule has 13 heavy (non-hydrogen) atoms. The fourth-order valence-electron chi connectivity index (χ4n) is 1.41. The van der Waals surface area contributed by atoms with Crippen LogP contribution in [0.2, 0.25) is 0 Å². The van der Waals surface area contributed by atoms with E-state index in [1.54, 1.807) is 11.9 Å². The molecule has 3 rings (SSSR count). The van der Waals surface area contributed by atoms with Gasteiger partial charge in [-0.2, -0.15) is 14.6 Å². The van der Waals surface area contributed by atoms with Gasteiger partial charge in [-0.15, -0.1) is 0 Å². The zero-order valence-electron chi connectivity index (χ0n) is 6.69. The maximum absolute atomic E-state index is 4.79. The van der Waals surface area contributed by atoms with Crippen molar-refractivity contribution in [2.24, 2.45) is 0 Å². The van der Waals surface area contributed by atoms with Gasteiger partial charge in [-0.25, -0.2) is 5.43 Å². The van der Waals surface area contributed by atoms with Gasteiger partial charge in [0, 0.05) is 4.90 Å². The van der Waals surface area contributed by atoms with Crippen molar-refractivity contribution in [2.45, 2.75) is 17.2 Å². The number of fused-ring (bicyclic) bond motifs is 1. The van der Waals surface area contributed by atoms with Crippen molar-refractivity contribution in [3.05, 3.63) is 29.8 Å². The number of hydrogen-bond donors (Lipinski definition) is 2. The second-order valence-corrected chi connectivity index (χ2v) is 3.77. The van der Waals surface area contributed by atoms with E-state index in [9.17, 15) is 0 Å². The van der Waals surface area contributed by atoms with E-state index < -0.39 is 0 Å². The number of rotatable bonds is 1.